The van der Waals surface area contributed by atoms with Crippen LogP contribution in [-0.2, 0) is 6.54 Å². The van der Waals surface area contributed by atoms with Crippen molar-refractivity contribution in [2.24, 2.45) is 0 Å². The maximum Gasteiger partial charge on any atom is 0.255 e. The third-order valence-electron chi connectivity index (χ3n) is 4.76. The van der Waals surface area contributed by atoms with Gasteiger partial charge >= 0.3 is 0 Å². The van der Waals surface area contributed by atoms with Crippen LogP contribution in [0, 0.1) is 0 Å². The molecular weight excluding hydrogens is 312 g/mol. The number of rotatable bonds is 6. The van der Waals surface area contributed by atoms with Gasteiger partial charge in [0.05, 0.1) is 25.3 Å². The van der Waals surface area contributed by atoms with E-state index >= 15 is 0 Å². The lowest BCUT2D eigenvalue weighted by Gasteiger charge is -2.30. The maximum absolute atomic E-state index is 12.6. The summed E-state index contributed by atoms with van der Waals surface area (Å²) in [5.74, 6) is 0.634. The van der Waals surface area contributed by atoms with Gasteiger partial charge in [-0.3, -0.25) is 4.79 Å². The van der Waals surface area contributed by atoms with Crippen LogP contribution in [0.1, 0.15) is 35.7 Å². The fourth-order valence-electron chi connectivity index (χ4n) is 3.43. The SMILES string of the molecule is CCOc1ccccc1C(=O)NC1CC[NH+](Cc2ccccc2)CC1. The molecule has 0 aromatic heterocycles. The minimum absolute atomic E-state index is 0.0273. The molecule has 2 aromatic carbocycles. The van der Waals surface area contributed by atoms with Crippen LogP contribution in [0.15, 0.2) is 54.6 Å². The number of likely N-dealkylation sites (tertiary alicyclic amines) is 1. The Bertz CT molecular complexity index is 679. The molecule has 132 valence electrons. The molecule has 25 heavy (non-hydrogen) atoms. The average Bonchev–Trinajstić information content (AvgIpc) is 2.65. The van der Waals surface area contributed by atoms with E-state index < -0.39 is 0 Å². The van der Waals surface area contributed by atoms with Crippen molar-refractivity contribution in [2.75, 3.05) is 19.7 Å². The molecule has 1 fully saturated rings. The number of carbonyl (C=O) groups excluding carboxylic acids is 1. The predicted octanol–water partition coefficient (Wildman–Crippen LogP) is 2.06. The number of nitrogens with one attached hydrogen (secondary N) is 2. The van der Waals surface area contributed by atoms with Crippen LogP contribution < -0.4 is 15.0 Å². The van der Waals surface area contributed by atoms with E-state index in [2.05, 4.69) is 35.6 Å². The van der Waals surface area contributed by atoms with Gasteiger partial charge in [0.2, 0.25) is 0 Å². The zero-order chi connectivity index (χ0) is 17.5. The molecule has 0 saturated carbocycles. The van der Waals surface area contributed by atoms with Crippen molar-refractivity contribution in [3.05, 3.63) is 65.7 Å². The van der Waals surface area contributed by atoms with Gasteiger partial charge in [-0.15, -0.1) is 0 Å². The molecule has 0 spiro atoms. The highest BCUT2D eigenvalue weighted by molar-refractivity contribution is 5.97. The first-order valence-electron chi connectivity index (χ1n) is 9.16. The number of amides is 1. The number of carbonyl (C=O) groups is 1. The summed E-state index contributed by atoms with van der Waals surface area (Å²) in [4.78, 5) is 14.2. The molecule has 4 heteroatoms. The lowest BCUT2D eigenvalue weighted by Crippen LogP contribution is -3.12. The Labute approximate surface area is 149 Å². The molecule has 2 aromatic rings. The molecule has 4 nitrogen and oxygen atoms in total. The molecule has 1 aliphatic heterocycles. The zero-order valence-corrected chi connectivity index (χ0v) is 14.8. The lowest BCUT2D eigenvalue weighted by atomic mass is 10.0. The first-order chi connectivity index (χ1) is 12.3. The number of piperidine rings is 1. The minimum Gasteiger partial charge on any atom is -0.493 e. The number of hydrogen-bond donors (Lipinski definition) is 2. The topological polar surface area (TPSA) is 42.8 Å². The number of quaternary nitrogens is 1. The van der Waals surface area contributed by atoms with Gasteiger partial charge in [0.15, 0.2) is 0 Å². The van der Waals surface area contributed by atoms with Crippen LogP contribution in [0.25, 0.3) is 0 Å². The summed E-state index contributed by atoms with van der Waals surface area (Å²) in [5.41, 5.74) is 2.01. The molecule has 0 radical (unpaired) electrons. The van der Waals surface area contributed by atoms with Gasteiger partial charge in [-0.2, -0.15) is 0 Å². The summed E-state index contributed by atoms with van der Waals surface area (Å²) in [6.07, 6.45) is 2.04. The van der Waals surface area contributed by atoms with Crippen molar-refractivity contribution in [1.29, 1.82) is 0 Å². The first kappa shape index (κ1) is 17.5. The Balaban J connectivity index is 1.51. The molecule has 1 aliphatic rings. The highest BCUT2D eigenvalue weighted by atomic mass is 16.5. The third kappa shape index (κ3) is 4.83. The minimum atomic E-state index is -0.0273. The number of para-hydroxylation sites is 1. The van der Waals surface area contributed by atoms with E-state index in [0.29, 0.717) is 17.9 Å². The summed E-state index contributed by atoms with van der Waals surface area (Å²) in [5, 5.41) is 3.19. The normalized spacial score (nSPS) is 20.0. The van der Waals surface area contributed by atoms with Crippen LogP contribution in [-0.4, -0.2) is 31.6 Å². The van der Waals surface area contributed by atoms with Crippen LogP contribution in [0.3, 0.4) is 0 Å². The Morgan fingerprint density at radius 1 is 1.08 bits per heavy atom. The summed E-state index contributed by atoms with van der Waals surface area (Å²) in [7, 11) is 0. The molecule has 1 heterocycles. The summed E-state index contributed by atoms with van der Waals surface area (Å²) in [6, 6.07) is 18.3. The Morgan fingerprint density at radius 3 is 2.48 bits per heavy atom. The predicted molar refractivity (Wildman–Crippen MR) is 98.9 cm³/mol. The van der Waals surface area contributed by atoms with E-state index in [1.807, 2.05) is 31.2 Å². The van der Waals surface area contributed by atoms with Crippen molar-refractivity contribution < 1.29 is 14.4 Å². The second kappa shape index (κ2) is 8.67. The fourth-order valence-corrected chi connectivity index (χ4v) is 3.43. The zero-order valence-electron chi connectivity index (χ0n) is 14.8. The van der Waals surface area contributed by atoms with Crippen molar-refractivity contribution in [2.45, 2.75) is 32.4 Å². The maximum atomic E-state index is 12.6. The lowest BCUT2D eigenvalue weighted by molar-refractivity contribution is -0.918. The molecule has 1 saturated heterocycles. The van der Waals surface area contributed by atoms with Crippen molar-refractivity contribution in [1.82, 2.24) is 5.32 Å². The molecule has 0 atom stereocenters. The van der Waals surface area contributed by atoms with Gasteiger partial charge in [0.25, 0.3) is 5.91 Å². The molecule has 0 bridgehead atoms. The Kier molecular flexibility index (Phi) is 6.07. The molecular formula is C21H27N2O2+. The highest BCUT2D eigenvalue weighted by Crippen LogP contribution is 2.18. The van der Waals surface area contributed by atoms with Crippen LogP contribution in [0.5, 0.6) is 5.75 Å². The number of benzene rings is 2. The largest absolute Gasteiger partial charge is 0.493 e. The van der Waals surface area contributed by atoms with Gasteiger partial charge in [-0.05, 0) is 19.1 Å². The summed E-state index contributed by atoms with van der Waals surface area (Å²) >= 11 is 0. The van der Waals surface area contributed by atoms with Gasteiger partial charge < -0.3 is 15.0 Å². The second-order valence-electron chi connectivity index (χ2n) is 6.59. The Morgan fingerprint density at radius 2 is 1.76 bits per heavy atom. The standard InChI is InChI=1S/C21H26N2O2/c1-2-25-20-11-7-6-10-19(20)21(24)22-18-12-14-23(15-13-18)16-17-8-4-3-5-9-17/h3-11,18H,2,12-16H2,1H3,(H,22,24)/p+1. The molecule has 1 amide bonds. The van der Waals surface area contributed by atoms with Crippen molar-refractivity contribution >= 4 is 5.91 Å². The molecule has 3 rings (SSSR count). The third-order valence-corrected chi connectivity index (χ3v) is 4.76. The van der Waals surface area contributed by atoms with Crippen molar-refractivity contribution in [3.8, 4) is 5.75 Å². The fraction of sp³-hybridized carbons (Fsp3) is 0.381. The van der Waals surface area contributed by atoms with Crippen LogP contribution in [0.4, 0.5) is 0 Å². The number of ether oxygens (including phenoxy) is 1. The van der Waals surface area contributed by atoms with E-state index in [1.165, 1.54) is 5.56 Å². The monoisotopic (exact) mass is 339 g/mol. The number of hydrogen-bond acceptors (Lipinski definition) is 2. The van der Waals surface area contributed by atoms with Crippen molar-refractivity contribution in [3.63, 3.8) is 0 Å². The summed E-state index contributed by atoms with van der Waals surface area (Å²) < 4.78 is 5.57. The van der Waals surface area contributed by atoms with E-state index in [1.54, 1.807) is 4.90 Å². The van der Waals surface area contributed by atoms with E-state index in [-0.39, 0.29) is 11.9 Å². The quantitative estimate of drug-likeness (QED) is 0.846. The summed E-state index contributed by atoms with van der Waals surface area (Å²) in [6.45, 7) is 5.74. The van der Waals surface area contributed by atoms with E-state index in [4.69, 9.17) is 4.74 Å². The van der Waals surface area contributed by atoms with Gasteiger partial charge in [-0.25, -0.2) is 0 Å². The average molecular weight is 339 g/mol. The first-order valence-corrected chi connectivity index (χ1v) is 9.16. The molecule has 0 unspecified atom stereocenters. The van der Waals surface area contributed by atoms with Gasteiger partial charge in [0, 0.05) is 24.4 Å². The molecule has 0 aliphatic carbocycles. The highest BCUT2D eigenvalue weighted by Gasteiger charge is 2.24. The Hall–Kier alpha value is -2.33. The van der Waals surface area contributed by atoms with E-state index in [9.17, 15) is 4.79 Å². The van der Waals surface area contributed by atoms with Gasteiger partial charge in [-0.1, -0.05) is 42.5 Å². The van der Waals surface area contributed by atoms with Crippen LogP contribution >= 0.6 is 0 Å². The second-order valence-corrected chi connectivity index (χ2v) is 6.59. The molecule has 2 N–H and O–H groups in total. The van der Waals surface area contributed by atoms with Gasteiger partial charge in [0.1, 0.15) is 12.3 Å². The van der Waals surface area contributed by atoms with Crippen LogP contribution in [0.2, 0.25) is 0 Å². The smallest absolute Gasteiger partial charge is 0.255 e. The van der Waals surface area contributed by atoms with E-state index in [0.717, 1.165) is 32.5 Å².